The minimum Gasteiger partial charge on any atom is -0.380 e. The Kier molecular flexibility index (Phi) is 9.10. The number of piperidine rings is 1. The van der Waals surface area contributed by atoms with E-state index < -0.39 is 10.0 Å². The monoisotopic (exact) mass is 521 g/mol. The van der Waals surface area contributed by atoms with E-state index in [1.54, 1.807) is 31.4 Å². The van der Waals surface area contributed by atoms with E-state index in [1.807, 2.05) is 37.3 Å². The Balaban J connectivity index is 1.42. The highest BCUT2D eigenvalue weighted by Gasteiger charge is 2.30. The van der Waals surface area contributed by atoms with Crippen LogP contribution < -0.4 is 15.4 Å². The van der Waals surface area contributed by atoms with Gasteiger partial charge in [0.1, 0.15) is 0 Å². The molecule has 0 radical (unpaired) electrons. The second-order valence-corrected chi connectivity index (χ2v) is 11.3. The molecule has 0 aliphatic carbocycles. The zero-order chi connectivity index (χ0) is 26.3. The van der Waals surface area contributed by atoms with Crippen LogP contribution in [0, 0.1) is 12.8 Å². The number of sulfonamides is 1. The first kappa shape index (κ1) is 27.0. The van der Waals surface area contributed by atoms with Crippen LogP contribution in [0.3, 0.4) is 0 Å². The molecule has 1 aliphatic heterocycles. The molecule has 1 heterocycles. The smallest absolute Gasteiger partial charge is 0.240 e. The third-order valence-corrected chi connectivity index (χ3v) is 8.26. The fourth-order valence-electron chi connectivity index (χ4n) is 4.76. The van der Waals surface area contributed by atoms with Gasteiger partial charge in [-0.05, 0) is 42.2 Å². The quantitative estimate of drug-likeness (QED) is 0.380. The van der Waals surface area contributed by atoms with Crippen LogP contribution in [-0.4, -0.2) is 47.1 Å². The first-order valence-corrected chi connectivity index (χ1v) is 14.0. The van der Waals surface area contributed by atoms with Gasteiger partial charge in [0.15, 0.2) is 0 Å². The Bertz CT molecular complexity index is 1280. The summed E-state index contributed by atoms with van der Waals surface area (Å²) in [5, 5.41) is 6.35. The molecule has 3 aromatic rings. The largest absolute Gasteiger partial charge is 0.380 e. The van der Waals surface area contributed by atoms with Gasteiger partial charge in [0.2, 0.25) is 15.9 Å². The summed E-state index contributed by atoms with van der Waals surface area (Å²) < 4.78 is 33.8. The molecule has 0 spiro atoms. The lowest BCUT2D eigenvalue weighted by atomic mass is 9.89. The number of methoxy groups -OCH3 is 1. The number of carbonyl (C=O) groups excluding carboxylic acids is 1. The summed E-state index contributed by atoms with van der Waals surface area (Å²) in [4.78, 5) is 13.4. The molecule has 0 bridgehead atoms. The molecule has 3 atom stereocenters. The van der Waals surface area contributed by atoms with Crippen LogP contribution in [0.2, 0.25) is 0 Å². The number of hydrogen-bond acceptors (Lipinski definition) is 5. The highest BCUT2D eigenvalue weighted by molar-refractivity contribution is 7.89. The van der Waals surface area contributed by atoms with Crippen molar-refractivity contribution in [2.24, 2.45) is 5.92 Å². The zero-order valence-corrected chi connectivity index (χ0v) is 22.1. The average Bonchev–Trinajstić information content (AvgIpc) is 2.90. The van der Waals surface area contributed by atoms with E-state index in [0.29, 0.717) is 32.7 Å². The second kappa shape index (κ2) is 12.5. The summed E-state index contributed by atoms with van der Waals surface area (Å²) in [6.45, 7) is 3.86. The molecule has 1 amide bonds. The molecular formula is C29H35N3O4S. The number of nitrogens with one attached hydrogen (secondary N) is 3. The number of hydrogen-bond donors (Lipinski definition) is 3. The fourth-order valence-corrected chi connectivity index (χ4v) is 6.01. The van der Waals surface area contributed by atoms with E-state index in [9.17, 15) is 13.2 Å². The molecule has 8 heteroatoms. The first-order chi connectivity index (χ1) is 17.9. The molecule has 1 saturated heterocycles. The normalized spacial score (nSPS) is 18.8. The third kappa shape index (κ3) is 7.26. The van der Waals surface area contributed by atoms with Crippen LogP contribution in [0.1, 0.15) is 34.6 Å². The predicted octanol–water partition coefficient (Wildman–Crippen LogP) is 3.35. The molecule has 0 saturated carbocycles. The maximum absolute atomic E-state index is 13.2. The van der Waals surface area contributed by atoms with E-state index in [2.05, 4.69) is 39.6 Å². The third-order valence-electron chi connectivity index (χ3n) is 6.72. The van der Waals surface area contributed by atoms with Crippen molar-refractivity contribution in [2.45, 2.75) is 36.8 Å². The number of rotatable bonds is 10. The fraction of sp³-hybridized carbons (Fsp3) is 0.345. The number of amides is 1. The van der Waals surface area contributed by atoms with E-state index in [0.717, 1.165) is 22.3 Å². The van der Waals surface area contributed by atoms with Gasteiger partial charge in [0.25, 0.3) is 0 Å². The van der Waals surface area contributed by atoms with Gasteiger partial charge in [0.05, 0.1) is 17.4 Å². The lowest BCUT2D eigenvalue weighted by Gasteiger charge is -2.30. The summed E-state index contributed by atoms with van der Waals surface area (Å²) in [6, 6.07) is 24.7. The molecular weight excluding hydrogens is 486 g/mol. The lowest BCUT2D eigenvalue weighted by molar-refractivity contribution is -0.125. The average molecular weight is 522 g/mol. The van der Waals surface area contributed by atoms with Crippen molar-refractivity contribution >= 4 is 15.9 Å². The molecule has 3 aromatic carbocycles. The van der Waals surface area contributed by atoms with Crippen LogP contribution in [0.15, 0.2) is 83.8 Å². The Morgan fingerprint density at radius 1 is 1.00 bits per heavy atom. The van der Waals surface area contributed by atoms with Crippen LogP contribution in [0.25, 0.3) is 0 Å². The highest BCUT2D eigenvalue weighted by Crippen LogP contribution is 2.25. The summed E-state index contributed by atoms with van der Waals surface area (Å²) >= 11 is 0. The number of aryl methyl sites for hydroxylation is 1. The SMILES string of the molecule is COCc1cccc(C(CNC(=O)[C@@H]2CNC[C@H](NS(=O)(=O)c3ccc(C)cc3)C2)c2ccccc2)c1. The second-order valence-electron chi connectivity index (χ2n) is 9.61. The first-order valence-electron chi connectivity index (χ1n) is 12.6. The molecule has 196 valence electrons. The topological polar surface area (TPSA) is 96.5 Å². The van der Waals surface area contributed by atoms with Gasteiger partial charge in [-0.3, -0.25) is 4.79 Å². The molecule has 3 N–H and O–H groups in total. The van der Waals surface area contributed by atoms with Crippen molar-refractivity contribution in [3.8, 4) is 0 Å². The van der Waals surface area contributed by atoms with Crippen LogP contribution in [0.4, 0.5) is 0 Å². The Morgan fingerprint density at radius 2 is 1.73 bits per heavy atom. The summed E-state index contributed by atoms with van der Waals surface area (Å²) in [5.41, 5.74) is 4.29. The molecule has 37 heavy (non-hydrogen) atoms. The number of benzene rings is 3. The minimum atomic E-state index is -3.66. The molecule has 7 nitrogen and oxygen atoms in total. The van der Waals surface area contributed by atoms with E-state index in [-0.39, 0.29) is 28.7 Å². The summed E-state index contributed by atoms with van der Waals surface area (Å²) in [6.07, 6.45) is 0.434. The van der Waals surface area contributed by atoms with Crippen molar-refractivity contribution in [3.05, 3.63) is 101 Å². The Labute approximate surface area is 219 Å². The van der Waals surface area contributed by atoms with E-state index in [4.69, 9.17) is 4.74 Å². The Hall–Kier alpha value is -3.04. The Morgan fingerprint density at radius 3 is 2.46 bits per heavy atom. The van der Waals surface area contributed by atoms with E-state index in [1.165, 1.54) is 0 Å². The van der Waals surface area contributed by atoms with Crippen LogP contribution in [0.5, 0.6) is 0 Å². The van der Waals surface area contributed by atoms with Gasteiger partial charge in [0, 0.05) is 38.7 Å². The van der Waals surface area contributed by atoms with Crippen LogP contribution in [-0.2, 0) is 26.2 Å². The van der Waals surface area contributed by atoms with Gasteiger partial charge < -0.3 is 15.4 Å². The summed E-state index contributed by atoms with van der Waals surface area (Å²) in [7, 11) is -1.99. The van der Waals surface area contributed by atoms with Crippen molar-refractivity contribution in [1.82, 2.24) is 15.4 Å². The van der Waals surface area contributed by atoms with Crippen molar-refractivity contribution in [2.75, 3.05) is 26.7 Å². The number of ether oxygens (including phenoxy) is 1. The molecule has 1 unspecified atom stereocenters. The van der Waals surface area contributed by atoms with Crippen molar-refractivity contribution in [3.63, 3.8) is 0 Å². The predicted molar refractivity (Wildman–Crippen MR) is 145 cm³/mol. The maximum atomic E-state index is 13.2. The summed E-state index contributed by atoms with van der Waals surface area (Å²) in [5.74, 6) is -0.439. The van der Waals surface area contributed by atoms with Gasteiger partial charge in [-0.2, -0.15) is 0 Å². The van der Waals surface area contributed by atoms with Gasteiger partial charge in [-0.1, -0.05) is 72.3 Å². The zero-order valence-electron chi connectivity index (χ0n) is 21.3. The van der Waals surface area contributed by atoms with Gasteiger partial charge in [-0.15, -0.1) is 0 Å². The van der Waals surface area contributed by atoms with Gasteiger partial charge in [-0.25, -0.2) is 13.1 Å². The van der Waals surface area contributed by atoms with Crippen molar-refractivity contribution in [1.29, 1.82) is 0 Å². The van der Waals surface area contributed by atoms with Crippen molar-refractivity contribution < 1.29 is 17.9 Å². The van der Waals surface area contributed by atoms with E-state index >= 15 is 0 Å². The van der Waals surface area contributed by atoms with Crippen LogP contribution >= 0.6 is 0 Å². The maximum Gasteiger partial charge on any atom is 0.240 e. The number of carbonyl (C=O) groups is 1. The molecule has 0 aromatic heterocycles. The van der Waals surface area contributed by atoms with Gasteiger partial charge >= 0.3 is 0 Å². The standard InChI is InChI=1S/C29H35N3O4S/c1-21-11-13-27(14-12-21)37(34,35)32-26-16-25(17-30-18-26)29(33)31-19-28(23-8-4-3-5-9-23)24-10-6-7-22(15-24)20-36-2/h3-15,25-26,28,30,32H,16-20H2,1-2H3,(H,31,33)/t25-,26+,28?/m0/s1. The molecule has 4 rings (SSSR count). The lowest BCUT2D eigenvalue weighted by Crippen LogP contribution is -2.52. The highest BCUT2D eigenvalue weighted by atomic mass is 32.2. The molecule has 1 fully saturated rings. The molecule has 1 aliphatic rings. The minimum absolute atomic E-state index is 0.0191.